The predicted octanol–water partition coefficient (Wildman–Crippen LogP) is 1.79. The van der Waals surface area contributed by atoms with E-state index in [0.717, 1.165) is 0 Å². The van der Waals surface area contributed by atoms with Gasteiger partial charge in [0.05, 0.1) is 10.7 Å². The number of aryl methyl sites for hydroxylation is 1. The maximum Gasteiger partial charge on any atom is 0.210 e. The van der Waals surface area contributed by atoms with Crippen molar-refractivity contribution in [1.29, 1.82) is 0 Å². The minimum Gasteiger partial charge on any atom is -0.373 e. The van der Waals surface area contributed by atoms with Crippen molar-refractivity contribution in [3.63, 3.8) is 0 Å². The third-order valence-corrected chi connectivity index (χ3v) is 2.66. The summed E-state index contributed by atoms with van der Waals surface area (Å²) < 4.78 is 7.34. The van der Waals surface area contributed by atoms with Crippen LogP contribution in [0.15, 0.2) is 10.7 Å². The number of Topliss-reactive ketones (excluding diaryl/α,β-unsaturated/α-hetero) is 1. The van der Waals surface area contributed by atoms with E-state index >= 15 is 0 Å². The lowest BCUT2D eigenvalue weighted by Gasteiger charge is -2.11. The van der Waals surface area contributed by atoms with Crippen LogP contribution in [-0.2, 0) is 11.8 Å². The van der Waals surface area contributed by atoms with Crippen molar-refractivity contribution in [2.24, 2.45) is 7.05 Å². The Bertz CT molecular complexity index is 312. The van der Waals surface area contributed by atoms with E-state index < -0.39 is 0 Å². The number of hydrogen-bond donors (Lipinski definition) is 0. The van der Waals surface area contributed by atoms with E-state index in [4.69, 9.17) is 4.74 Å². The molecule has 5 heteroatoms. The fourth-order valence-electron chi connectivity index (χ4n) is 1.30. The van der Waals surface area contributed by atoms with Crippen LogP contribution in [0.1, 0.15) is 23.8 Å². The van der Waals surface area contributed by atoms with Crippen LogP contribution in [0.5, 0.6) is 0 Å². The second kappa shape index (κ2) is 4.70. The molecule has 1 heterocycles. The summed E-state index contributed by atoms with van der Waals surface area (Å²) in [4.78, 5) is 11.9. The number of carbonyl (C=O) groups is 1. The topological polar surface area (TPSA) is 44.1 Å². The second-order valence-corrected chi connectivity index (χ2v) is 3.82. The van der Waals surface area contributed by atoms with Gasteiger partial charge in [0.2, 0.25) is 5.78 Å². The van der Waals surface area contributed by atoms with E-state index in [9.17, 15) is 4.79 Å². The highest BCUT2D eigenvalue weighted by Gasteiger charge is 2.23. The molecule has 14 heavy (non-hydrogen) atoms. The molecule has 1 aromatic rings. The molecule has 4 nitrogen and oxygen atoms in total. The van der Waals surface area contributed by atoms with Crippen molar-refractivity contribution in [3.8, 4) is 0 Å². The Morgan fingerprint density at radius 2 is 2.43 bits per heavy atom. The molecule has 1 unspecified atom stereocenters. The molecule has 0 saturated carbocycles. The smallest absolute Gasteiger partial charge is 0.210 e. The summed E-state index contributed by atoms with van der Waals surface area (Å²) in [6, 6.07) is 0. The Morgan fingerprint density at radius 1 is 1.79 bits per heavy atom. The fourth-order valence-corrected chi connectivity index (χ4v) is 1.84. The molecule has 78 valence electrons. The maximum atomic E-state index is 11.9. The number of halogens is 1. The minimum atomic E-state index is -0.387. The molecule has 0 radical (unpaired) electrons. The van der Waals surface area contributed by atoms with Gasteiger partial charge in [0.1, 0.15) is 11.8 Å². The summed E-state index contributed by atoms with van der Waals surface area (Å²) in [5.41, 5.74) is 0.554. The lowest BCUT2D eigenvalue weighted by molar-refractivity contribution is 0.0585. The SMILES string of the molecule is CCC(OC)C(=O)c1c(Br)cnn1C. The Kier molecular flexibility index (Phi) is 3.83. The first kappa shape index (κ1) is 11.4. The summed E-state index contributed by atoms with van der Waals surface area (Å²) in [5, 5.41) is 3.98. The summed E-state index contributed by atoms with van der Waals surface area (Å²) in [7, 11) is 3.27. The van der Waals surface area contributed by atoms with Gasteiger partial charge in [-0.05, 0) is 22.4 Å². The van der Waals surface area contributed by atoms with Crippen LogP contribution in [0, 0.1) is 0 Å². The number of aromatic nitrogens is 2. The van der Waals surface area contributed by atoms with Gasteiger partial charge in [-0.2, -0.15) is 5.10 Å². The monoisotopic (exact) mass is 260 g/mol. The van der Waals surface area contributed by atoms with Crippen LogP contribution in [0.3, 0.4) is 0 Å². The average Bonchev–Trinajstić information content (AvgIpc) is 2.48. The molecule has 0 aliphatic rings. The van der Waals surface area contributed by atoms with Crippen LogP contribution >= 0.6 is 15.9 Å². The summed E-state index contributed by atoms with van der Waals surface area (Å²) in [6.07, 6.45) is 1.88. The first-order chi connectivity index (χ1) is 6.61. The Morgan fingerprint density at radius 3 is 2.79 bits per heavy atom. The fraction of sp³-hybridized carbons (Fsp3) is 0.556. The number of methoxy groups -OCH3 is 1. The third-order valence-electron chi connectivity index (χ3n) is 2.08. The van der Waals surface area contributed by atoms with E-state index in [0.29, 0.717) is 16.6 Å². The number of nitrogens with zero attached hydrogens (tertiary/aromatic N) is 2. The number of ketones is 1. The summed E-state index contributed by atoms with van der Waals surface area (Å²) >= 11 is 3.28. The quantitative estimate of drug-likeness (QED) is 0.776. The zero-order valence-electron chi connectivity index (χ0n) is 8.45. The lowest BCUT2D eigenvalue weighted by atomic mass is 10.1. The maximum absolute atomic E-state index is 11.9. The van der Waals surface area contributed by atoms with Crippen LogP contribution in [0.2, 0.25) is 0 Å². The van der Waals surface area contributed by atoms with Gasteiger partial charge in [-0.3, -0.25) is 9.48 Å². The van der Waals surface area contributed by atoms with E-state index in [1.807, 2.05) is 6.92 Å². The Balaban J connectivity index is 2.99. The first-order valence-corrected chi connectivity index (χ1v) is 5.15. The summed E-state index contributed by atoms with van der Waals surface area (Å²) in [5.74, 6) is -0.0399. The molecule has 0 spiro atoms. The van der Waals surface area contributed by atoms with Gasteiger partial charge in [-0.15, -0.1) is 0 Å². The van der Waals surface area contributed by atoms with Crippen molar-refractivity contribution >= 4 is 21.7 Å². The molecule has 1 aromatic heterocycles. The predicted molar refractivity (Wildman–Crippen MR) is 56.3 cm³/mol. The number of hydrogen-bond acceptors (Lipinski definition) is 3. The van der Waals surface area contributed by atoms with E-state index in [1.54, 1.807) is 17.9 Å². The number of ether oxygens (including phenoxy) is 1. The highest BCUT2D eigenvalue weighted by Crippen LogP contribution is 2.18. The van der Waals surface area contributed by atoms with Gasteiger partial charge in [0.15, 0.2) is 0 Å². The van der Waals surface area contributed by atoms with Crippen LogP contribution < -0.4 is 0 Å². The standard InChI is InChI=1S/C9H13BrN2O2/c1-4-7(14-3)9(13)8-6(10)5-11-12(8)2/h5,7H,4H2,1-3H3. The van der Waals surface area contributed by atoms with Gasteiger partial charge in [0.25, 0.3) is 0 Å². The Hall–Kier alpha value is -0.680. The molecule has 0 saturated heterocycles. The van der Waals surface area contributed by atoms with Crippen molar-refractivity contribution in [3.05, 3.63) is 16.4 Å². The van der Waals surface area contributed by atoms with E-state index in [2.05, 4.69) is 21.0 Å². The molecule has 0 bridgehead atoms. The van der Waals surface area contributed by atoms with Crippen LogP contribution in [0.4, 0.5) is 0 Å². The van der Waals surface area contributed by atoms with Gasteiger partial charge in [0, 0.05) is 14.2 Å². The zero-order valence-corrected chi connectivity index (χ0v) is 10.0. The van der Waals surface area contributed by atoms with Gasteiger partial charge in [-0.1, -0.05) is 6.92 Å². The first-order valence-electron chi connectivity index (χ1n) is 4.36. The van der Waals surface area contributed by atoms with Crippen molar-refractivity contribution in [1.82, 2.24) is 9.78 Å². The van der Waals surface area contributed by atoms with E-state index in [1.165, 1.54) is 7.11 Å². The van der Waals surface area contributed by atoms with Crippen LogP contribution in [-0.4, -0.2) is 28.8 Å². The molecule has 0 aliphatic heterocycles. The molecular formula is C9H13BrN2O2. The molecular weight excluding hydrogens is 248 g/mol. The highest BCUT2D eigenvalue weighted by molar-refractivity contribution is 9.10. The van der Waals surface area contributed by atoms with Gasteiger partial charge in [-0.25, -0.2) is 0 Å². The lowest BCUT2D eigenvalue weighted by Crippen LogP contribution is -2.24. The Labute approximate surface area is 91.4 Å². The third kappa shape index (κ3) is 2.04. The highest BCUT2D eigenvalue weighted by atomic mass is 79.9. The number of carbonyl (C=O) groups excluding carboxylic acids is 1. The van der Waals surface area contributed by atoms with E-state index in [-0.39, 0.29) is 11.9 Å². The zero-order chi connectivity index (χ0) is 10.7. The normalized spacial score (nSPS) is 12.9. The molecule has 1 rings (SSSR count). The summed E-state index contributed by atoms with van der Waals surface area (Å²) in [6.45, 7) is 1.91. The molecule has 0 aliphatic carbocycles. The van der Waals surface area contributed by atoms with Gasteiger partial charge < -0.3 is 4.74 Å². The number of rotatable bonds is 4. The molecule has 0 N–H and O–H groups in total. The van der Waals surface area contributed by atoms with Crippen molar-refractivity contribution < 1.29 is 9.53 Å². The largest absolute Gasteiger partial charge is 0.373 e. The second-order valence-electron chi connectivity index (χ2n) is 2.96. The van der Waals surface area contributed by atoms with Crippen molar-refractivity contribution in [2.45, 2.75) is 19.4 Å². The van der Waals surface area contributed by atoms with Gasteiger partial charge >= 0.3 is 0 Å². The molecule has 0 fully saturated rings. The molecule has 1 atom stereocenters. The average molecular weight is 261 g/mol. The van der Waals surface area contributed by atoms with Crippen molar-refractivity contribution in [2.75, 3.05) is 7.11 Å². The minimum absolute atomic E-state index is 0.0399. The molecule has 0 amide bonds. The van der Waals surface area contributed by atoms with Crippen LogP contribution in [0.25, 0.3) is 0 Å². The molecule has 0 aromatic carbocycles.